The first kappa shape index (κ1) is 14.7. The molecule has 2 aromatic heterocycles. The Labute approximate surface area is 128 Å². The Hall–Kier alpha value is -1.22. The predicted molar refractivity (Wildman–Crippen MR) is 81.6 cm³/mol. The molecule has 0 spiro atoms. The van der Waals surface area contributed by atoms with Gasteiger partial charge in [0.25, 0.3) is 0 Å². The van der Waals surface area contributed by atoms with Crippen LogP contribution in [0.4, 0.5) is 0 Å². The van der Waals surface area contributed by atoms with E-state index in [1.54, 1.807) is 23.1 Å². The normalized spacial score (nSPS) is 15.4. The van der Waals surface area contributed by atoms with Crippen molar-refractivity contribution in [2.75, 3.05) is 6.54 Å². The fourth-order valence-electron chi connectivity index (χ4n) is 1.93. The molecule has 1 aliphatic carbocycles. The summed E-state index contributed by atoms with van der Waals surface area (Å²) in [5.74, 6) is 0. The molecule has 0 aliphatic heterocycles. The number of nitrogens with zero attached hydrogens (tertiary/aromatic N) is 2. The van der Waals surface area contributed by atoms with E-state index < -0.39 is 10.0 Å². The smallest absolute Gasteiger partial charge is 0.250 e. The fourth-order valence-corrected chi connectivity index (χ4v) is 4.21. The summed E-state index contributed by atoms with van der Waals surface area (Å²) in [7, 11) is -3.42. The molecule has 1 fully saturated rings. The monoisotopic (exact) mass is 326 g/mol. The molecular weight excluding hydrogens is 308 g/mol. The summed E-state index contributed by atoms with van der Waals surface area (Å²) in [5, 5.41) is 9.32. The highest BCUT2D eigenvalue weighted by Crippen LogP contribution is 2.22. The zero-order valence-electron chi connectivity index (χ0n) is 11.5. The molecule has 0 saturated heterocycles. The van der Waals surface area contributed by atoms with Gasteiger partial charge in [0.2, 0.25) is 10.0 Å². The Morgan fingerprint density at radius 2 is 2.29 bits per heavy atom. The van der Waals surface area contributed by atoms with Gasteiger partial charge in [0.05, 0.1) is 6.54 Å². The van der Waals surface area contributed by atoms with Crippen molar-refractivity contribution in [3.05, 3.63) is 35.5 Å². The van der Waals surface area contributed by atoms with Crippen molar-refractivity contribution in [1.82, 2.24) is 19.8 Å². The first-order chi connectivity index (χ1) is 10.1. The van der Waals surface area contributed by atoms with Crippen LogP contribution in [0.1, 0.15) is 18.4 Å². The van der Waals surface area contributed by atoms with Crippen molar-refractivity contribution in [3.8, 4) is 0 Å². The maximum Gasteiger partial charge on any atom is 0.250 e. The third-order valence-electron chi connectivity index (χ3n) is 3.26. The second-order valence-corrected chi connectivity index (χ2v) is 8.00. The summed E-state index contributed by atoms with van der Waals surface area (Å²) in [6.45, 7) is 1.59. The van der Waals surface area contributed by atoms with Crippen LogP contribution in [0.2, 0.25) is 0 Å². The summed E-state index contributed by atoms with van der Waals surface area (Å²) in [5.41, 5.74) is 1.03. The lowest BCUT2D eigenvalue weighted by Gasteiger charge is -2.04. The van der Waals surface area contributed by atoms with Crippen LogP contribution in [0.3, 0.4) is 0 Å². The molecular formula is C13H18N4O2S2. The minimum absolute atomic E-state index is 0.331. The standard InChI is InChI=1S/C13H18N4O2S2/c18-21(19,16-5-7-17-6-1-4-15-17)13-8-11(10-20-13)9-14-12-2-3-12/h1,4,6,8,10,12,14,16H,2-3,5,7,9H2. The first-order valence-corrected chi connectivity index (χ1v) is 9.28. The molecule has 0 radical (unpaired) electrons. The van der Waals surface area contributed by atoms with E-state index in [2.05, 4.69) is 15.1 Å². The molecule has 1 saturated carbocycles. The number of nitrogens with one attached hydrogen (secondary N) is 2. The summed E-state index contributed by atoms with van der Waals surface area (Å²) < 4.78 is 29.0. The topological polar surface area (TPSA) is 76.0 Å². The highest BCUT2D eigenvalue weighted by molar-refractivity contribution is 7.91. The number of sulfonamides is 1. The molecule has 6 nitrogen and oxygen atoms in total. The molecule has 21 heavy (non-hydrogen) atoms. The molecule has 0 atom stereocenters. The Morgan fingerprint density at radius 3 is 3.00 bits per heavy atom. The minimum Gasteiger partial charge on any atom is -0.310 e. The molecule has 1 aliphatic rings. The van der Waals surface area contributed by atoms with Gasteiger partial charge in [-0.2, -0.15) is 5.10 Å². The van der Waals surface area contributed by atoms with E-state index in [-0.39, 0.29) is 0 Å². The average molecular weight is 326 g/mol. The van der Waals surface area contributed by atoms with Crippen LogP contribution in [-0.4, -0.2) is 30.8 Å². The maximum atomic E-state index is 12.2. The van der Waals surface area contributed by atoms with Gasteiger partial charge in [0, 0.05) is 31.5 Å². The maximum absolute atomic E-state index is 12.2. The second kappa shape index (κ2) is 6.27. The van der Waals surface area contributed by atoms with Gasteiger partial charge in [-0.05, 0) is 35.9 Å². The number of hydrogen-bond donors (Lipinski definition) is 2. The highest BCUT2D eigenvalue weighted by Gasteiger charge is 2.21. The first-order valence-electron chi connectivity index (χ1n) is 6.91. The van der Waals surface area contributed by atoms with Crippen molar-refractivity contribution in [2.24, 2.45) is 0 Å². The van der Waals surface area contributed by atoms with Gasteiger partial charge >= 0.3 is 0 Å². The Balaban J connectivity index is 1.53. The molecule has 2 aromatic rings. The Bertz CT molecular complexity index is 675. The van der Waals surface area contributed by atoms with Crippen LogP contribution in [0.15, 0.2) is 34.1 Å². The van der Waals surface area contributed by atoms with Crippen molar-refractivity contribution in [2.45, 2.75) is 36.2 Å². The van der Waals surface area contributed by atoms with E-state index in [1.807, 2.05) is 11.4 Å². The zero-order valence-corrected chi connectivity index (χ0v) is 13.2. The van der Waals surface area contributed by atoms with Crippen molar-refractivity contribution in [3.63, 3.8) is 0 Å². The van der Waals surface area contributed by atoms with Crippen LogP contribution in [0, 0.1) is 0 Å². The SMILES string of the molecule is O=S(=O)(NCCn1cccn1)c1cc(CNC2CC2)cs1. The van der Waals surface area contributed by atoms with Crippen LogP contribution in [0.25, 0.3) is 0 Å². The van der Waals surface area contributed by atoms with Gasteiger partial charge in [-0.25, -0.2) is 13.1 Å². The third-order valence-corrected chi connectivity index (χ3v) is 6.21. The zero-order chi connectivity index (χ0) is 14.7. The highest BCUT2D eigenvalue weighted by atomic mass is 32.2. The molecule has 0 amide bonds. The van der Waals surface area contributed by atoms with Crippen LogP contribution < -0.4 is 10.0 Å². The number of thiophene rings is 1. The van der Waals surface area contributed by atoms with Crippen LogP contribution in [0.5, 0.6) is 0 Å². The summed E-state index contributed by atoms with van der Waals surface area (Å²) in [6.07, 6.45) is 5.93. The Morgan fingerprint density at radius 1 is 1.43 bits per heavy atom. The lowest BCUT2D eigenvalue weighted by Crippen LogP contribution is -2.27. The largest absolute Gasteiger partial charge is 0.310 e. The van der Waals surface area contributed by atoms with E-state index in [4.69, 9.17) is 0 Å². The average Bonchev–Trinajstić information content (AvgIpc) is 2.93. The summed E-state index contributed by atoms with van der Waals surface area (Å²) in [6, 6.07) is 4.18. The van der Waals surface area contributed by atoms with Gasteiger partial charge in [0.15, 0.2) is 0 Å². The Kier molecular flexibility index (Phi) is 4.39. The van der Waals surface area contributed by atoms with Crippen molar-refractivity contribution in [1.29, 1.82) is 0 Å². The summed E-state index contributed by atoms with van der Waals surface area (Å²) >= 11 is 1.26. The van der Waals surface area contributed by atoms with Gasteiger partial charge in [-0.3, -0.25) is 4.68 Å². The fraction of sp³-hybridized carbons (Fsp3) is 0.462. The molecule has 0 bridgehead atoms. The summed E-state index contributed by atoms with van der Waals surface area (Å²) in [4.78, 5) is 0. The molecule has 0 aromatic carbocycles. The van der Waals surface area contributed by atoms with Crippen molar-refractivity contribution < 1.29 is 8.42 Å². The molecule has 2 N–H and O–H groups in total. The van der Waals surface area contributed by atoms with Gasteiger partial charge < -0.3 is 5.32 Å². The van der Waals surface area contributed by atoms with Crippen molar-refractivity contribution >= 4 is 21.4 Å². The quantitative estimate of drug-likeness (QED) is 0.764. The molecule has 3 rings (SSSR count). The van der Waals surface area contributed by atoms with E-state index in [0.717, 1.165) is 12.1 Å². The molecule has 0 unspecified atom stereocenters. The molecule has 8 heteroatoms. The number of aromatic nitrogens is 2. The van der Waals surface area contributed by atoms with E-state index in [0.29, 0.717) is 23.3 Å². The van der Waals surface area contributed by atoms with Gasteiger partial charge in [-0.15, -0.1) is 11.3 Å². The second-order valence-electron chi connectivity index (χ2n) is 5.10. The van der Waals surface area contributed by atoms with Crippen LogP contribution in [-0.2, 0) is 23.1 Å². The van der Waals surface area contributed by atoms with Gasteiger partial charge in [0.1, 0.15) is 4.21 Å². The van der Waals surface area contributed by atoms with E-state index in [1.165, 1.54) is 24.2 Å². The van der Waals surface area contributed by atoms with E-state index in [9.17, 15) is 8.42 Å². The lowest BCUT2D eigenvalue weighted by atomic mass is 10.3. The molecule has 2 heterocycles. The number of rotatable bonds is 8. The van der Waals surface area contributed by atoms with Gasteiger partial charge in [-0.1, -0.05) is 0 Å². The molecule has 114 valence electrons. The minimum atomic E-state index is -3.42. The van der Waals surface area contributed by atoms with Crippen LogP contribution >= 0.6 is 11.3 Å². The lowest BCUT2D eigenvalue weighted by molar-refractivity contribution is 0.562. The predicted octanol–water partition coefficient (Wildman–Crippen LogP) is 1.18. The number of hydrogen-bond acceptors (Lipinski definition) is 5. The third kappa shape index (κ3) is 4.13. The van der Waals surface area contributed by atoms with E-state index >= 15 is 0 Å².